The highest BCUT2D eigenvalue weighted by molar-refractivity contribution is 6.11. The number of ether oxygens (including phenoxy) is 2. The van der Waals surface area contributed by atoms with Crippen molar-refractivity contribution in [1.82, 2.24) is 0 Å². The fourth-order valence-electron chi connectivity index (χ4n) is 3.57. The average Bonchev–Trinajstić information content (AvgIpc) is 3.06. The molecule has 4 aromatic rings. The third-order valence-electron chi connectivity index (χ3n) is 4.97. The molecule has 0 fully saturated rings. The minimum Gasteiger partial charge on any atom is -0.487 e. The molecule has 0 spiro atoms. The second-order valence-electron chi connectivity index (χ2n) is 6.88. The number of halogens is 1. The zero-order valence-electron chi connectivity index (χ0n) is 16.3. The SMILES string of the molecule is COCCCOc1c(F)ccc2c1oc1c(-c3cccc[n+]3C)c(C)ccc12. The molecule has 0 bridgehead atoms. The molecule has 0 aliphatic carbocycles. The van der Waals surface area contributed by atoms with Gasteiger partial charge in [-0.3, -0.25) is 0 Å². The lowest BCUT2D eigenvalue weighted by Crippen LogP contribution is -2.30. The first-order valence-electron chi connectivity index (χ1n) is 9.33. The van der Waals surface area contributed by atoms with Crippen molar-refractivity contribution in [2.24, 2.45) is 7.05 Å². The van der Waals surface area contributed by atoms with Crippen LogP contribution in [0.15, 0.2) is 53.1 Å². The van der Waals surface area contributed by atoms with Gasteiger partial charge < -0.3 is 13.9 Å². The highest BCUT2D eigenvalue weighted by Gasteiger charge is 2.22. The third kappa shape index (κ3) is 3.12. The minimum absolute atomic E-state index is 0.158. The van der Waals surface area contributed by atoms with Crippen LogP contribution in [0.4, 0.5) is 4.39 Å². The van der Waals surface area contributed by atoms with Crippen LogP contribution in [-0.2, 0) is 11.8 Å². The van der Waals surface area contributed by atoms with Gasteiger partial charge in [0.05, 0.1) is 12.2 Å². The Morgan fingerprint density at radius 1 is 1.00 bits per heavy atom. The molecule has 4 nitrogen and oxygen atoms in total. The maximum absolute atomic E-state index is 14.5. The van der Waals surface area contributed by atoms with E-state index in [1.54, 1.807) is 13.2 Å². The Balaban J connectivity index is 1.93. The van der Waals surface area contributed by atoms with Gasteiger partial charge in [0, 0.05) is 43.0 Å². The van der Waals surface area contributed by atoms with Gasteiger partial charge in [0.2, 0.25) is 5.69 Å². The normalized spacial score (nSPS) is 11.4. The van der Waals surface area contributed by atoms with Crippen LogP contribution in [0.5, 0.6) is 5.75 Å². The van der Waals surface area contributed by atoms with Crippen molar-refractivity contribution in [2.45, 2.75) is 13.3 Å². The molecule has 0 aliphatic heterocycles. The van der Waals surface area contributed by atoms with E-state index in [4.69, 9.17) is 13.9 Å². The predicted molar refractivity (Wildman–Crippen MR) is 107 cm³/mol. The van der Waals surface area contributed by atoms with Crippen LogP contribution in [0.2, 0.25) is 0 Å². The van der Waals surface area contributed by atoms with Crippen LogP contribution >= 0.6 is 0 Å². The Bertz CT molecular complexity index is 1150. The van der Waals surface area contributed by atoms with E-state index in [2.05, 4.69) is 23.6 Å². The summed E-state index contributed by atoms with van der Waals surface area (Å²) in [6.07, 6.45) is 2.68. The van der Waals surface area contributed by atoms with Crippen molar-refractivity contribution in [1.29, 1.82) is 0 Å². The van der Waals surface area contributed by atoms with Crippen molar-refractivity contribution < 1.29 is 22.8 Å². The minimum atomic E-state index is -0.424. The molecule has 4 rings (SSSR count). The molecule has 28 heavy (non-hydrogen) atoms. The van der Waals surface area contributed by atoms with Crippen molar-refractivity contribution in [3.8, 4) is 17.0 Å². The van der Waals surface area contributed by atoms with E-state index in [1.165, 1.54) is 6.07 Å². The highest BCUT2D eigenvalue weighted by atomic mass is 19.1. The first-order valence-corrected chi connectivity index (χ1v) is 9.33. The molecule has 5 heteroatoms. The number of methoxy groups -OCH3 is 1. The summed E-state index contributed by atoms with van der Waals surface area (Å²) in [6.45, 7) is 2.98. The standard InChI is InChI=1S/C23H23FNO3/c1-15-8-9-16-17-10-11-18(24)23(27-14-6-13-26-3)22(17)28-21(16)20(15)19-7-4-5-12-25(19)2/h4-5,7-12H,6,13-14H2,1-3H3/q+1. The van der Waals surface area contributed by atoms with Gasteiger partial charge in [-0.15, -0.1) is 0 Å². The fraction of sp³-hybridized carbons (Fsp3) is 0.261. The fourth-order valence-corrected chi connectivity index (χ4v) is 3.57. The van der Waals surface area contributed by atoms with Crippen molar-refractivity contribution in [2.75, 3.05) is 20.3 Å². The molecule has 2 heterocycles. The van der Waals surface area contributed by atoms with Crippen LogP contribution in [0, 0.1) is 12.7 Å². The first kappa shape index (κ1) is 18.4. The lowest BCUT2D eigenvalue weighted by molar-refractivity contribution is -0.660. The van der Waals surface area contributed by atoms with Gasteiger partial charge in [0.25, 0.3) is 0 Å². The van der Waals surface area contributed by atoms with Crippen LogP contribution in [-0.4, -0.2) is 20.3 Å². The Morgan fingerprint density at radius 3 is 2.57 bits per heavy atom. The molecule has 0 atom stereocenters. The third-order valence-corrected chi connectivity index (χ3v) is 4.97. The van der Waals surface area contributed by atoms with E-state index in [0.29, 0.717) is 25.2 Å². The van der Waals surface area contributed by atoms with E-state index in [-0.39, 0.29) is 5.75 Å². The second kappa shape index (κ2) is 7.60. The second-order valence-corrected chi connectivity index (χ2v) is 6.88. The lowest BCUT2D eigenvalue weighted by atomic mass is 10.0. The Morgan fingerprint density at radius 2 is 1.79 bits per heavy atom. The van der Waals surface area contributed by atoms with Gasteiger partial charge in [0.15, 0.2) is 23.3 Å². The van der Waals surface area contributed by atoms with Crippen LogP contribution in [0.1, 0.15) is 12.0 Å². The quantitative estimate of drug-likeness (QED) is 0.351. The molecule has 0 unspecified atom stereocenters. The van der Waals surface area contributed by atoms with Crippen molar-refractivity contribution in [3.05, 3.63) is 60.0 Å². The number of benzene rings is 2. The van der Waals surface area contributed by atoms with E-state index in [1.807, 2.05) is 31.4 Å². The smallest absolute Gasteiger partial charge is 0.216 e. The van der Waals surface area contributed by atoms with Crippen LogP contribution in [0.3, 0.4) is 0 Å². The molecule has 2 aromatic carbocycles. The zero-order valence-corrected chi connectivity index (χ0v) is 16.3. The van der Waals surface area contributed by atoms with Gasteiger partial charge >= 0.3 is 0 Å². The molecule has 0 amide bonds. The summed E-state index contributed by atoms with van der Waals surface area (Å²) in [7, 11) is 3.63. The van der Waals surface area contributed by atoms with E-state index in [9.17, 15) is 4.39 Å². The lowest BCUT2D eigenvalue weighted by Gasteiger charge is -2.07. The Labute approximate surface area is 163 Å². The number of furan rings is 1. The summed E-state index contributed by atoms with van der Waals surface area (Å²) in [5.41, 5.74) is 4.31. The summed E-state index contributed by atoms with van der Waals surface area (Å²) < 4.78 is 33.6. The largest absolute Gasteiger partial charge is 0.487 e. The van der Waals surface area contributed by atoms with Crippen LogP contribution < -0.4 is 9.30 Å². The first-order chi connectivity index (χ1) is 13.6. The topological polar surface area (TPSA) is 35.5 Å². The maximum Gasteiger partial charge on any atom is 0.216 e. The molecule has 0 saturated carbocycles. The highest BCUT2D eigenvalue weighted by Crippen LogP contribution is 2.41. The van der Waals surface area contributed by atoms with Crippen molar-refractivity contribution >= 4 is 21.9 Å². The number of fused-ring (bicyclic) bond motifs is 3. The zero-order chi connectivity index (χ0) is 19.7. The van der Waals surface area contributed by atoms with Crippen molar-refractivity contribution in [3.63, 3.8) is 0 Å². The summed E-state index contributed by atoms with van der Waals surface area (Å²) in [6, 6.07) is 13.3. The van der Waals surface area contributed by atoms with E-state index >= 15 is 0 Å². The molecule has 0 N–H and O–H groups in total. The van der Waals surface area contributed by atoms with Crippen LogP contribution in [0.25, 0.3) is 33.2 Å². The Hall–Kier alpha value is -2.92. The number of hydrogen-bond acceptors (Lipinski definition) is 3. The number of rotatable bonds is 6. The Kier molecular flexibility index (Phi) is 5.01. The molecule has 0 radical (unpaired) electrons. The molecular weight excluding hydrogens is 357 g/mol. The summed E-state index contributed by atoms with van der Waals surface area (Å²) in [4.78, 5) is 0. The van der Waals surface area contributed by atoms with Gasteiger partial charge in [-0.05, 0) is 30.7 Å². The van der Waals surface area contributed by atoms with E-state index < -0.39 is 5.82 Å². The molecule has 144 valence electrons. The summed E-state index contributed by atoms with van der Waals surface area (Å²) >= 11 is 0. The molecule has 0 aliphatic rings. The number of nitrogens with zero attached hydrogens (tertiary/aromatic N) is 1. The number of pyridine rings is 1. The average molecular weight is 380 g/mol. The molecule has 2 aromatic heterocycles. The predicted octanol–water partition coefficient (Wildman–Crippen LogP) is 4.94. The van der Waals surface area contributed by atoms with E-state index in [0.717, 1.165) is 33.2 Å². The van der Waals surface area contributed by atoms with Gasteiger partial charge in [-0.2, -0.15) is 0 Å². The molecule has 0 saturated heterocycles. The van der Waals surface area contributed by atoms with Gasteiger partial charge in [0.1, 0.15) is 12.6 Å². The molecular formula is C23H23FNO3+. The number of aromatic nitrogens is 1. The summed E-state index contributed by atoms with van der Waals surface area (Å²) in [5.74, 6) is -0.265. The van der Waals surface area contributed by atoms with Gasteiger partial charge in [-0.1, -0.05) is 12.1 Å². The summed E-state index contributed by atoms with van der Waals surface area (Å²) in [5, 5.41) is 1.79. The number of hydrogen-bond donors (Lipinski definition) is 0. The number of aryl methyl sites for hydroxylation is 2. The maximum atomic E-state index is 14.5. The monoisotopic (exact) mass is 380 g/mol. The van der Waals surface area contributed by atoms with Gasteiger partial charge in [-0.25, -0.2) is 8.96 Å².